The molecular formula is C15H15BrClN3OS. The SMILES string of the molecule is O=C(NC[C@H]1CCCN1c1nccs1)c1cc(Br)ccc1Cl. The highest BCUT2D eigenvalue weighted by molar-refractivity contribution is 9.10. The van der Waals surface area contributed by atoms with E-state index in [9.17, 15) is 4.79 Å². The molecule has 0 radical (unpaired) electrons. The number of thiazole rings is 1. The van der Waals surface area contributed by atoms with Gasteiger partial charge in [0.2, 0.25) is 0 Å². The highest BCUT2D eigenvalue weighted by atomic mass is 79.9. The number of halogens is 2. The Bertz CT molecular complexity index is 665. The van der Waals surface area contributed by atoms with Gasteiger partial charge in [-0.1, -0.05) is 27.5 Å². The number of amides is 1. The zero-order chi connectivity index (χ0) is 15.5. The average Bonchev–Trinajstić information content (AvgIpc) is 3.17. The zero-order valence-electron chi connectivity index (χ0n) is 11.8. The van der Waals surface area contributed by atoms with Crippen LogP contribution in [0, 0.1) is 0 Å². The molecule has 1 aromatic carbocycles. The number of hydrogen-bond donors (Lipinski definition) is 1. The van der Waals surface area contributed by atoms with Crippen LogP contribution in [0.2, 0.25) is 5.02 Å². The van der Waals surface area contributed by atoms with Gasteiger partial charge in [-0.2, -0.15) is 0 Å². The minimum atomic E-state index is -0.141. The maximum Gasteiger partial charge on any atom is 0.252 e. The molecule has 0 aliphatic carbocycles. The van der Waals surface area contributed by atoms with Gasteiger partial charge in [-0.25, -0.2) is 4.98 Å². The molecule has 1 aliphatic heterocycles. The summed E-state index contributed by atoms with van der Waals surface area (Å²) in [6.07, 6.45) is 4.00. The molecule has 0 bridgehead atoms. The summed E-state index contributed by atoms with van der Waals surface area (Å²) in [4.78, 5) is 19.0. The van der Waals surface area contributed by atoms with Crippen LogP contribution in [0.5, 0.6) is 0 Å². The third-order valence-electron chi connectivity index (χ3n) is 3.71. The normalized spacial score (nSPS) is 17.7. The third-order valence-corrected chi connectivity index (χ3v) is 5.34. The van der Waals surface area contributed by atoms with Crippen LogP contribution in [0.3, 0.4) is 0 Å². The van der Waals surface area contributed by atoms with Crippen LogP contribution in [-0.4, -0.2) is 30.0 Å². The molecule has 0 saturated carbocycles. The monoisotopic (exact) mass is 399 g/mol. The molecule has 1 aliphatic rings. The van der Waals surface area contributed by atoms with Gasteiger partial charge in [0.05, 0.1) is 10.6 Å². The summed E-state index contributed by atoms with van der Waals surface area (Å²) >= 11 is 11.1. The summed E-state index contributed by atoms with van der Waals surface area (Å²) in [5.41, 5.74) is 0.495. The van der Waals surface area contributed by atoms with Crippen molar-refractivity contribution in [3.05, 3.63) is 44.8 Å². The fourth-order valence-corrected chi connectivity index (χ4v) is 3.94. The lowest BCUT2D eigenvalue weighted by Gasteiger charge is -2.24. The number of carbonyl (C=O) groups is 1. The molecule has 2 heterocycles. The molecule has 1 saturated heterocycles. The first-order chi connectivity index (χ1) is 10.6. The van der Waals surface area contributed by atoms with Crippen molar-refractivity contribution in [3.63, 3.8) is 0 Å². The summed E-state index contributed by atoms with van der Waals surface area (Å²) < 4.78 is 0.840. The van der Waals surface area contributed by atoms with Gasteiger partial charge in [-0.15, -0.1) is 11.3 Å². The van der Waals surface area contributed by atoms with E-state index in [1.165, 1.54) is 0 Å². The van der Waals surface area contributed by atoms with Crippen LogP contribution < -0.4 is 10.2 Å². The van der Waals surface area contributed by atoms with Crippen molar-refractivity contribution in [2.45, 2.75) is 18.9 Å². The number of aromatic nitrogens is 1. The van der Waals surface area contributed by atoms with E-state index < -0.39 is 0 Å². The molecule has 1 atom stereocenters. The molecule has 1 fully saturated rings. The van der Waals surface area contributed by atoms with E-state index in [0.29, 0.717) is 23.2 Å². The van der Waals surface area contributed by atoms with Crippen LogP contribution in [0.25, 0.3) is 0 Å². The van der Waals surface area contributed by atoms with Crippen molar-refractivity contribution in [1.29, 1.82) is 0 Å². The van der Waals surface area contributed by atoms with Crippen LogP contribution in [0.4, 0.5) is 5.13 Å². The number of benzene rings is 1. The number of anilines is 1. The van der Waals surface area contributed by atoms with E-state index in [0.717, 1.165) is 29.0 Å². The molecule has 1 N–H and O–H groups in total. The van der Waals surface area contributed by atoms with Gasteiger partial charge in [-0.3, -0.25) is 4.79 Å². The fraction of sp³-hybridized carbons (Fsp3) is 0.333. The second kappa shape index (κ2) is 6.98. The first-order valence-electron chi connectivity index (χ1n) is 7.04. The smallest absolute Gasteiger partial charge is 0.252 e. The molecule has 1 amide bonds. The van der Waals surface area contributed by atoms with Gasteiger partial charge in [0.1, 0.15) is 0 Å². The topological polar surface area (TPSA) is 45.2 Å². The molecule has 116 valence electrons. The standard InChI is InChI=1S/C15H15BrClN3OS/c16-10-3-4-13(17)12(8-10)14(21)19-9-11-2-1-6-20(11)15-18-5-7-22-15/h3-5,7-8,11H,1-2,6,9H2,(H,19,21)/t11-/m1/s1. The van der Waals surface area contributed by atoms with Crippen LogP contribution in [0.1, 0.15) is 23.2 Å². The molecule has 4 nitrogen and oxygen atoms in total. The van der Waals surface area contributed by atoms with Crippen molar-refractivity contribution >= 4 is 49.9 Å². The Kier molecular flexibility index (Phi) is 5.00. The molecule has 1 aromatic heterocycles. The van der Waals surface area contributed by atoms with Crippen molar-refractivity contribution in [2.75, 3.05) is 18.0 Å². The van der Waals surface area contributed by atoms with Gasteiger partial charge >= 0.3 is 0 Å². The summed E-state index contributed by atoms with van der Waals surface area (Å²) in [7, 11) is 0. The minimum Gasteiger partial charge on any atom is -0.350 e. The number of rotatable bonds is 4. The minimum absolute atomic E-state index is 0.141. The van der Waals surface area contributed by atoms with E-state index in [1.54, 1.807) is 23.5 Å². The van der Waals surface area contributed by atoms with E-state index in [4.69, 9.17) is 11.6 Å². The predicted octanol–water partition coefficient (Wildman–Crippen LogP) is 3.96. The van der Waals surface area contributed by atoms with Crippen molar-refractivity contribution in [2.24, 2.45) is 0 Å². The summed E-state index contributed by atoms with van der Waals surface area (Å²) in [6.45, 7) is 1.59. The maximum absolute atomic E-state index is 12.3. The summed E-state index contributed by atoms with van der Waals surface area (Å²) in [5.74, 6) is -0.141. The Labute approximate surface area is 146 Å². The van der Waals surface area contributed by atoms with Crippen LogP contribution in [0.15, 0.2) is 34.2 Å². The van der Waals surface area contributed by atoms with E-state index in [2.05, 4.69) is 31.1 Å². The zero-order valence-corrected chi connectivity index (χ0v) is 14.9. The summed E-state index contributed by atoms with van der Waals surface area (Å²) in [5, 5.41) is 6.46. The van der Waals surface area contributed by atoms with E-state index in [1.807, 2.05) is 17.6 Å². The van der Waals surface area contributed by atoms with Crippen LogP contribution >= 0.6 is 38.9 Å². The number of nitrogens with one attached hydrogen (secondary N) is 1. The lowest BCUT2D eigenvalue weighted by Crippen LogP contribution is -2.40. The molecule has 22 heavy (non-hydrogen) atoms. The number of nitrogens with zero attached hydrogens (tertiary/aromatic N) is 2. The molecule has 0 unspecified atom stereocenters. The molecule has 7 heteroatoms. The third kappa shape index (κ3) is 3.45. The van der Waals surface area contributed by atoms with Crippen molar-refractivity contribution in [3.8, 4) is 0 Å². The van der Waals surface area contributed by atoms with Crippen LogP contribution in [-0.2, 0) is 0 Å². The van der Waals surface area contributed by atoms with E-state index in [-0.39, 0.29) is 5.91 Å². The molecule has 0 spiro atoms. The Morgan fingerprint density at radius 2 is 2.41 bits per heavy atom. The lowest BCUT2D eigenvalue weighted by molar-refractivity contribution is 0.0951. The molecule has 2 aromatic rings. The average molecular weight is 401 g/mol. The van der Waals surface area contributed by atoms with Gasteiger partial charge < -0.3 is 10.2 Å². The quantitative estimate of drug-likeness (QED) is 0.845. The summed E-state index contributed by atoms with van der Waals surface area (Å²) in [6, 6.07) is 5.57. The fourth-order valence-electron chi connectivity index (χ4n) is 2.63. The highest BCUT2D eigenvalue weighted by Crippen LogP contribution is 2.27. The Morgan fingerprint density at radius 1 is 1.55 bits per heavy atom. The molecular weight excluding hydrogens is 386 g/mol. The second-order valence-electron chi connectivity index (χ2n) is 5.14. The van der Waals surface area contributed by atoms with Crippen molar-refractivity contribution < 1.29 is 4.79 Å². The Hall–Kier alpha value is -1.11. The highest BCUT2D eigenvalue weighted by Gasteiger charge is 2.26. The van der Waals surface area contributed by atoms with Crippen molar-refractivity contribution in [1.82, 2.24) is 10.3 Å². The van der Waals surface area contributed by atoms with Gasteiger partial charge in [0, 0.05) is 35.2 Å². The number of carbonyl (C=O) groups excluding carboxylic acids is 1. The Morgan fingerprint density at radius 3 is 3.18 bits per heavy atom. The maximum atomic E-state index is 12.3. The lowest BCUT2D eigenvalue weighted by atomic mass is 10.2. The largest absolute Gasteiger partial charge is 0.350 e. The van der Waals surface area contributed by atoms with Gasteiger partial charge in [0.25, 0.3) is 5.91 Å². The Balaban J connectivity index is 1.64. The van der Waals surface area contributed by atoms with Gasteiger partial charge in [-0.05, 0) is 31.0 Å². The van der Waals surface area contributed by atoms with E-state index >= 15 is 0 Å². The molecule has 3 rings (SSSR count). The first-order valence-corrected chi connectivity index (χ1v) is 9.09. The van der Waals surface area contributed by atoms with Gasteiger partial charge in [0.15, 0.2) is 5.13 Å². The second-order valence-corrected chi connectivity index (χ2v) is 7.33. The predicted molar refractivity (Wildman–Crippen MR) is 94.0 cm³/mol. The number of hydrogen-bond acceptors (Lipinski definition) is 4. The first kappa shape index (κ1) is 15.8.